The average Bonchev–Trinajstić information content (AvgIpc) is 2.32. The number of benzene rings is 1. The third-order valence-electron chi connectivity index (χ3n) is 1.97. The van der Waals surface area contributed by atoms with Gasteiger partial charge >= 0.3 is 0 Å². The molecule has 0 aliphatic rings. The first kappa shape index (κ1) is 12.4. The molecule has 0 spiro atoms. The zero-order chi connectivity index (χ0) is 11.8. The maximum Gasteiger partial charge on any atom is 0.130 e. The largest absolute Gasteiger partial charge is 0.487 e. The SMILES string of the molecule is C/C=C(/COc1ccc(F)cc1)N=CCC. The minimum Gasteiger partial charge on any atom is -0.487 e. The first-order valence-electron chi connectivity index (χ1n) is 5.32. The summed E-state index contributed by atoms with van der Waals surface area (Å²) in [7, 11) is 0. The van der Waals surface area contributed by atoms with Crippen molar-refractivity contribution in [2.75, 3.05) is 6.61 Å². The summed E-state index contributed by atoms with van der Waals surface area (Å²) in [5.74, 6) is 0.384. The second-order valence-electron chi connectivity index (χ2n) is 3.24. The Labute approximate surface area is 95.5 Å². The molecule has 0 heterocycles. The van der Waals surface area contributed by atoms with Gasteiger partial charge in [0.2, 0.25) is 0 Å². The molecule has 1 aromatic rings. The Morgan fingerprint density at radius 3 is 2.62 bits per heavy atom. The van der Waals surface area contributed by atoms with E-state index in [0.717, 1.165) is 12.1 Å². The highest BCUT2D eigenvalue weighted by atomic mass is 19.1. The van der Waals surface area contributed by atoms with E-state index in [-0.39, 0.29) is 5.82 Å². The highest BCUT2D eigenvalue weighted by molar-refractivity contribution is 5.58. The van der Waals surface area contributed by atoms with Gasteiger partial charge in [-0.15, -0.1) is 0 Å². The molecule has 2 nitrogen and oxygen atoms in total. The van der Waals surface area contributed by atoms with E-state index < -0.39 is 0 Å². The molecule has 1 aromatic carbocycles. The lowest BCUT2D eigenvalue weighted by Crippen LogP contribution is -1.99. The maximum atomic E-state index is 12.6. The molecule has 0 N–H and O–H groups in total. The van der Waals surface area contributed by atoms with Crippen LogP contribution in [0.3, 0.4) is 0 Å². The van der Waals surface area contributed by atoms with Gasteiger partial charge in [-0.25, -0.2) is 4.39 Å². The fraction of sp³-hybridized carbons (Fsp3) is 0.308. The third kappa shape index (κ3) is 4.26. The molecule has 0 atom stereocenters. The average molecular weight is 221 g/mol. The van der Waals surface area contributed by atoms with Gasteiger partial charge in [-0.2, -0.15) is 0 Å². The normalized spacial score (nSPS) is 12.1. The zero-order valence-corrected chi connectivity index (χ0v) is 9.61. The lowest BCUT2D eigenvalue weighted by molar-refractivity contribution is 0.350. The van der Waals surface area contributed by atoms with Crippen LogP contribution in [0.15, 0.2) is 41.0 Å². The summed E-state index contributed by atoms with van der Waals surface area (Å²) in [6.07, 6.45) is 4.63. The Balaban J connectivity index is 2.50. The van der Waals surface area contributed by atoms with Gasteiger partial charge in [0.1, 0.15) is 18.2 Å². The van der Waals surface area contributed by atoms with Crippen molar-refractivity contribution in [1.29, 1.82) is 0 Å². The van der Waals surface area contributed by atoms with Gasteiger partial charge < -0.3 is 4.74 Å². The Morgan fingerprint density at radius 2 is 2.06 bits per heavy atom. The van der Waals surface area contributed by atoms with Crippen molar-refractivity contribution < 1.29 is 9.13 Å². The van der Waals surface area contributed by atoms with Crippen LogP contribution >= 0.6 is 0 Å². The summed E-state index contributed by atoms with van der Waals surface area (Å²) in [6.45, 7) is 4.34. The minimum absolute atomic E-state index is 0.261. The van der Waals surface area contributed by atoms with E-state index in [9.17, 15) is 4.39 Å². The van der Waals surface area contributed by atoms with Crippen molar-refractivity contribution in [3.63, 3.8) is 0 Å². The summed E-state index contributed by atoms with van der Waals surface area (Å²) in [5, 5.41) is 0. The molecule has 0 aromatic heterocycles. The van der Waals surface area contributed by atoms with Gasteiger partial charge in [-0.1, -0.05) is 13.0 Å². The Bertz CT molecular complexity index is 368. The summed E-state index contributed by atoms with van der Waals surface area (Å²) >= 11 is 0. The van der Waals surface area contributed by atoms with Gasteiger partial charge in [0.15, 0.2) is 0 Å². The molecule has 3 heteroatoms. The summed E-state index contributed by atoms with van der Waals surface area (Å²) in [5.41, 5.74) is 0.867. The molecule has 0 bridgehead atoms. The molecule has 16 heavy (non-hydrogen) atoms. The fourth-order valence-electron chi connectivity index (χ4n) is 1.09. The lowest BCUT2D eigenvalue weighted by atomic mass is 10.3. The predicted molar refractivity (Wildman–Crippen MR) is 64.4 cm³/mol. The molecule has 0 saturated carbocycles. The number of hydrogen-bond donors (Lipinski definition) is 0. The van der Waals surface area contributed by atoms with Gasteiger partial charge in [0.05, 0.1) is 5.70 Å². The first-order chi connectivity index (χ1) is 7.76. The van der Waals surface area contributed by atoms with Crippen LogP contribution < -0.4 is 4.74 Å². The van der Waals surface area contributed by atoms with Gasteiger partial charge in [0, 0.05) is 6.21 Å². The molecule has 0 saturated heterocycles. The van der Waals surface area contributed by atoms with E-state index in [0.29, 0.717) is 12.4 Å². The Kier molecular flexibility index (Phi) is 5.26. The van der Waals surface area contributed by atoms with Crippen LogP contribution in [0.2, 0.25) is 0 Å². The van der Waals surface area contributed by atoms with Crippen molar-refractivity contribution in [3.05, 3.63) is 41.9 Å². The Hall–Kier alpha value is -1.64. The summed E-state index contributed by atoms with van der Waals surface area (Å²) in [4.78, 5) is 4.23. The maximum absolute atomic E-state index is 12.6. The van der Waals surface area contributed by atoms with Crippen LogP contribution in [0.25, 0.3) is 0 Å². The van der Waals surface area contributed by atoms with Crippen molar-refractivity contribution in [2.45, 2.75) is 20.3 Å². The molecule has 0 unspecified atom stereocenters. The number of allylic oxidation sites excluding steroid dienone is 1. The predicted octanol–water partition coefficient (Wildman–Crippen LogP) is 3.59. The van der Waals surface area contributed by atoms with Crippen molar-refractivity contribution in [3.8, 4) is 5.75 Å². The lowest BCUT2D eigenvalue weighted by Gasteiger charge is -2.05. The number of ether oxygens (including phenoxy) is 1. The Morgan fingerprint density at radius 1 is 1.38 bits per heavy atom. The van der Waals surface area contributed by atoms with Crippen LogP contribution in [0.4, 0.5) is 4.39 Å². The van der Waals surface area contributed by atoms with E-state index in [1.165, 1.54) is 12.1 Å². The molecular weight excluding hydrogens is 205 g/mol. The monoisotopic (exact) mass is 221 g/mol. The standard InChI is InChI=1S/C13H16FNO/c1-3-9-15-12(4-2)10-16-13-7-5-11(14)6-8-13/h4-9H,3,10H2,1-2H3/b12-4-,15-9?. The second-order valence-corrected chi connectivity index (χ2v) is 3.24. The zero-order valence-electron chi connectivity index (χ0n) is 9.61. The molecule has 0 aliphatic heterocycles. The number of hydrogen-bond acceptors (Lipinski definition) is 2. The van der Waals surface area contributed by atoms with E-state index >= 15 is 0 Å². The van der Waals surface area contributed by atoms with Crippen LogP contribution in [0.1, 0.15) is 20.3 Å². The van der Waals surface area contributed by atoms with Crippen molar-refractivity contribution in [1.82, 2.24) is 0 Å². The van der Waals surface area contributed by atoms with Gasteiger partial charge in [-0.05, 0) is 37.6 Å². The van der Waals surface area contributed by atoms with Gasteiger partial charge in [-0.3, -0.25) is 4.99 Å². The van der Waals surface area contributed by atoms with E-state index in [1.54, 1.807) is 12.1 Å². The highest BCUT2D eigenvalue weighted by Gasteiger charge is 1.96. The quantitative estimate of drug-likeness (QED) is 0.696. The van der Waals surface area contributed by atoms with Crippen LogP contribution in [0.5, 0.6) is 5.75 Å². The smallest absolute Gasteiger partial charge is 0.130 e. The van der Waals surface area contributed by atoms with Crippen molar-refractivity contribution in [2.24, 2.45) is 4.99 Å². The molecule has 0 aliphatic carbocycles. The number of nitrogens with zero attached hydrogens (tertiary/aromatic N) is 1. The number of halogens is 1. The fourth-order valence-corrected chi connectivity index (χ4v) is 1.09. The highest BCUT2D eigenvalue weighted by Crippen LogP contribution is 2.12. The van der Waals surface area contributed by atoms with Crippen LogP contribution in [0, 0.1) is 5.82 Å². The van der Waals surface area contributed by atoms with E-state index in [4.69, 9.17) is 4.74 Å². The number of aliphatic imine (C=N–C) groups is 1. The molecule has 0 radical (unpaired) electrons. The summed E-state index contributed by atoms with van der Waals surface area (Å²) in [6, 6.07) is 5.96. The first-order valence-corrected chi connectivity index (χ1v) is 5.32. The number of rotatable bonds is 5. The van der Waals surface area contributed by atoms with E-state index in [2.05, 4.69) is 4.99 Å². The second kappa shape index (κ2) is 6.77. The van der Waals surface area contributed by atoms with Crippen LogP contribution in [-0.4, -0.2) is 12.8 Å². The van der Waals surface area contributed by atoms with E-state index in [1.807, 2.05) is 26.1 Å². The molecular formula is C13H16FNO. The van der Waals surface area contributed by atoms with Gasteiger partial charge in [0.25, 0.3) is 0 Å². The molecule has 0 amide bonds. The third-order valence-corrected chi connectivity index (χ3v) is 1.97. The van der Waals surface area contributed by atoms with Crippen molar-refractivity contribution >= 4 is 6.21 Å². The molecule has 1 rings (SSSR count). The molecule has 0 fully saturated rings. The molecule has 86 valence electrons. The van der Waals surface area contributed by atoms with Crippen LogP contribution in [-0.2, 0) is 0 Å². The minimum atomic E-state index is -0.261. The topological polar surface area (TPSA) is 21.6 Å². The summed E-state index contributed by atoms with van der Waals surface area (Å²) < 4.78 is 18.1.